The van der Waals surface area contributed by atoms with Crippen LogP contribution in [-0.2, 0) is 4.79 Å². The van der Waals surface area contributed by atoms with Crippen molar-refractivity contribution < 1.29 is 4.79 Å². The maximum absolute atomic E-state index is 9.67. The van der Waals surface area contributed by atoms with Crippen LogP contribution in [0.25, 0.3) is 0 Å². The first kappa shape index (κ1) is 7.25. The predicted octanol–water partition coefficient (Wildman–Crippen LogP) is 1.19. The summed E-state index contributed by atoms with van der Waals surface area (Å²) in [5.74, 6) is 0.253. The first-order chi connectivity index (χ1) is 3.35. The maximum atomic E-state index is 9.67. The Morgan fingerprint density at radius 2 is 1.86 bits per heavy atom. The molecule has 0 aliphatic heterocycles. The van der Waals surface area contributed by atoms with Gasteiger partial charge in [-0.1, -0.05) is 0 Å². The molecule has 0 aromatic heterocycles. The molecule has 1 nitrogen and oxygen atoms in total. The molecule has 0 heterocycles. The topological polar surface area (TPSA) is 17.1 Å². The molecule has 0 atom stereocenters. The lowest BCUT2D eigenvalue weighted by atomic mass is 10.3. The largest absolute Gasteiger partial charge is 0.290 e. The third-order valence-corrected chi connectivity index (χ3v) is 1.28. The molecule has 0 unspecified atom stereocenters. The van der Waals surface area contributed by atoms with Gasteiger partial charge in [-0.15, -0.1) is 23.2 Å². The van der Waals surface area contributed by atoms with Crippen molar-refractivity contribution in [2.45, 2.75) is 0 Å². The van der Waals surface area contributed by atoms with Gasteiger partial charge in [-0.25, -0.2) is 0 Å². The van der Waals surface area contributed by atoms with E-state index in [0.29, 0.717) is 0 Å². The van der Waals surface area contributed by atoms with Crippen LogP contribution >= 0.6 is 23.2 Å². The molecule has 3 heteroatoms. The van der Waals surface area contributed by atoms with Gasteiger partial charge in [-0.3, -0.25) is 4.79 Å². The van der Waals surface area contributed by atoms with Crippen LogP contribution in [-0.4, -0.2) is 18.0 Å². The molecule has 41 valence electrons. The van der Waals surface area contributed by atoms with Gasteiger partial charge < -0.3 is 0 Å². The summed E-state index contributed by atoms with van der Waals surface area (Å²) in [6.07, 6.45) is 1.69. The molecule has 1 radical (unpaired) electrons. The molecule has 0 aromatic carbocycles. The van der Waals surface area contributed by atoms with Crippen LogP contribution in [0.2, 0.25) is 0 Å². The molecule has 0 aliphatic carbocycles. The number of halogens is 2. The molecule has 0 amide bonds. The van der Waals surface area contributed by atoms with E-state index in [-0.39, 0.29) is 17.7 Å². The SMILES string of the molecule is O=[C]C(CCl)CCl. The molecule has 7 heavy (non-hydrogen) atoms. The highest BCUT2D eigenvalue weighted by Gasteiger charge is 2.01. The molecule has 0 spiro atoms. The minimum atomic E-state index is -0.289. The van der Waals surface area contributed by atoms with Crippen molar-refractivity contribution in [2.24, 2.45) is 5.92 Å². The molecular formula is C4H5Cl2O. The van der Waals surface area contributed by atoms with E-state index in [4.69, 9.17) is 23.2 Å². The number of hydrogen-bond acceptors (Lipinski definition) is 1. The fourth-order valence-corrected chi connectivity index (χ4v) is 0.560. The lowest BCUT2D eigenvalue weighted by Gasteiger charge is -1.92. The molecule has 0 saturated carbocycles. The first-order valence-corrected chi connectivity index (χ1v) is 2.91. The zero-order valence-corrected chi connectivity index (χ0v) is 5.17. The van der Waals surface area contributed by atoms with Crippen LogP contribution in [0.3, 0.4) is 0 Å². The average Bonchev–Trinajstić information content (AvgIpc) is 1.72. The van der Waals surface area contributed by atoms with E-state index in [9.17, 15) is 4.79 Å². The van der Waals surface area contributed by atoms with Crippen LogP contribution in [0.5, 0.6) is 0 Å². The van der Waals surface area contributed by atoms with E-state index >= 15 is 0 Å². The fraction of sp³-hybridized carbons (Fsp3) is 0.750. The van der Waals surface area contributed by atoms with Gasteiger partial charge in [-0.05, 0) is 0 Å². The Kier molecular flexibility index (Phi) is 4.57. The Bertz CT molecular complexity index is 51.7. The summed E-state index contributed by atoms with van der Waals surface area (Å²) in [6.45, 7) is 0. The summed E-state index contributed by atoms with van der Waals surface area (Å²) in [7, 11) is 0. The lowest BCUT2D eigenvalue weighted by Crippen LogP contribution is -2.03. The van der Waals surface area contributed by atoms with Gasteiger partial charge in [0.1, 0.15) is 0 Å². The number of hydrogen-bond donors (Lipinski definition) is 0. The van der Waals surface area contributed by atoms with Crippen LogP contribution < -0.4 is 0 Å². The van der Waals surface area contributed by atoms with E-state index in [1.807, 2.05) is 0 Å². The Morgan fingerprint density at radius 3 is 1.86 bits per heavy atom. The highest BCUT2D eigenvalue weighted by atomic mass is 35.5. The Hall–Kier alpha value is 0.250. The molecule has 0 saturated heterocycles. The molecule has 0 aliphatic rings. The minimum Gasteiger partial charge on any atom is -0.290 e. The summed E-state index contributed by atoms with van der Waals surface area (Å²) < 4.78 is 0. The number of alkyl halides is 2. The van der Waals surface area contributed by atoms with Crippen LogP contribution in [0, 0.1) is 5.92 Å². The van der Waals surface area contributed by atoms with Gasteiger partial charge in [-0.2, -0.15) is 0 Å². The van der Waals surface area contributed by atoms with E-state index in [0.717, 1.165) is 0 Å². The molecule has 0 fully saturated rings. The predicted molar refractivity (Wildman–Crippen MR) is 30.6 cm³/mol. The van der Waals surface area contributed by atoms with Crippen molar-refractivity contribution in [3.63, 3.8) is 0 Å². The second kappa shape index (κ2) is 4.41. The Morgan fingerprint density at radius 1 is 1.43 bits per heavy atom. The van der Waals surface area contributed by atoms with Crippen molar-refractivity contribution >= 4 is 29.5 Å². The lowest BCUT2D eigenvalue weighted by molar-refractivity contribution is 0.538. The van der Waals surface area contributed by atoms with Gasteiger partial charge >= 0.3 is 0 Å². The second-order valence-electron chi connectivity index (χ2n) is 1.12. The molecule has 0 rings (SSSR count). The monoisotopic (exact) mass is 139 g/mol. The standard InChI is InChI=1S/C4H5Cl2O/c5-1-4(2-6)3-7/h4H,1-2H2. The third kappa shape index (κ3) is 2.89. The molecular weight excluding hydrogens is 135 g/mol. The van der Waals surface area contributed by atoms with Gasteiger partial charge in [0, 0.05) is 11.8 Å². The highest BCUT2D eigenvalue weighted by molar-refractivity contribution is 6.22. The van der Waals surface area contributed by atoms with E-state index in [1.54, 1.807) is 6.29 Å². The molecule has 0 aromatic rings. The van der Waals surface area contributed by atoms with Crippen molar-refractivity contribution in [1.29, 1.82) is 0 Å². The van der Waals surface area contributed by atoms with Crippen molar-refractivity contribution in [3.05, 3.63) is 0 Å². The normalized spacial score (nSPS) is 9.57. The molecule has 0 bridgehead atoms. The third-order valence-electron chi connectivity index (χ3n) is 0.539. The van der Waals surface area contributed by atoms with E-state index in [2.05, 4.69) is 0 Å². The van der Waals surface area contributed by atoms with Crippen LogP contribution in [0.1, 0.15) is 0 Å². The van der Waals surface area contributed by atoms with Gasteiger partial charge in [0.05, 0.1) is 5.92 Å². The van der Waals surface area contributed by atoms with Gasteiger partial charge in [0.25, 0.3) is 0 Å². The van der Waals surface area contributed by atoms with Crippen molar-refractivity contribution in [3.8, 4) is 0 Å². The van der Waals surface area contributed by atoms with Gasteiger partial charge in [0.15, 0.2) is 0 Å². The minimum absolute atomic E-state index is 0.271. The summed E-state index contributed by atoms with van der Waals surface area (Å²) in [6, 6.07) is 0. The quantitative estimate of drug-likeness (QED) is 0.538. The fourth-order valence-electron chi connectivity index (χ4n) is 0.104. The van der Waals surface area contributed by atoms with E-state index < -0.39 is 0 Å². The second-order valence-corrected chi connectivity index (χ2v) is 1.74. The number of carbonyl (C=O) groups excluding carboxylic acids is 1. The van der Waals surface area contributed by atoms with Crippen LogP contribution in [0.4, 0.5) is 0 Å². The van der Waals surface area contributed by atoms with Crippen molar-refractivity contribution in [1.82, 2.24) is 0 Å². The van der Waals surface area contributed by atoms with Gasteiger partial charge in [0.2, 0.25) is 6.29 Å². The number of rotatable bonds is 3. The Balaban J connectivity index is 3.16. The summed E-state index contributed by atoms with van der Waals surface area (Å²) in [5, 5.41) is 0. The summed E-state index contributed by atoms with van der Waals surface area (Å²) in [5.41, 5.74) is 0. The smallest absolute Gasteiger partial charge is 0.204 e. The average molecular weight is 140 g/mol. The van der Waals surface area contributed by atoms with E-state index in [1.165, 1.54) is 0 Å². The summed E-state index contributed by atoms with van der Waals surface area (Å²) in [4.78, 5) is 9.67. The Labute approximate surface area is 52.6 Å². The maximum Gasteiger partial charge on any atom is 0.204 e. The zero-order valence-electron chi connectivity index (χ0n) is 3.66. The molecule has 0 N–H and O–H groups in total. The summed E-state index contributed by atoms with van der Waals surface area (Å²) >= 11 is 10.4. The highest BCUT2D eigenvalue weighted by Crippen LogP contribution is 1.96. The first-order valence-electron chi connectivity index (χ1n) is 1.84. The van der Waals surface area contributed by atoms with Crippen molar-refractivity contribution in [2.75, 3.05) is 11.8 Å². The zero-order chi connectivity index (χ0) is 5.70. The van der Waals surface area contributed by atoms with Crippen LogP contribution in [0.15, 0.2) is 0 Å².